The van der Waals surface area contributed by atoms with Crippen molar-refractivity contribution in [2.75, 3.05) is 25.5 Å². The number of carbonyl (C=O) groups excluding carboxylic acids is 2. The molecular formula is C19H20Cl2N4O3. The van der Waals surface area contributed by atoms with Crippen LogP contribution in [-0.4, -0.2) is 59.0 Å². The third-order valence-electron chi connectivity index (χ3n) is 5.42. The number of rotatable bonds is 3. The lowest BCUT2D eigenvalue weighted by molar-refractivity contribution is -0.000148. The highest BCUT2D eigenvalue weighted by molar-refractivity contribution is 6.31. The molecule has 0 saturated carbocycles. The standard InChI is InChI=1S/C19H20Cl2N4O3/c1-22-15-7-11(20)5-6-14(15)18(26)25-12-3-2-4-13(25)10-24(9-12)19(27)16-8-17(21)23-28-16/h5-8,12-13,22H,2-4,9-10H2,1H3. The zero-order chi connectivity index (χ0) is 19.8. The number of anilines is 1. The summed E-state index contributed by atoms with van der Waals surface area (Å²) in [6.07, 6.45) is 2.74. The summed E-state index contributed by atoms with van der Waals surface area (Å²) in [5, 5.41) is 7.34. The predicted octanol–water partition coefficient (Wildman–Crippen LogP) is 3.54. The Hall–Kier alpha value is -2.25. The highest BCUT2D eigenvalue weighted by Crippen LogP contribution is 2.33. The van der Waals surface area contributed by atoms with Crippen LogP contribution in [0.1, 0.15) is 40.2 Å². The van der Waals surface area contributed by atoms with Gasteiger partial charge in [0.25, 0.3) is 11.8 Å². The lowest BCUT2D eigenvalue weighted by Crippen LogP contribution is -2.63. The number of benzene rings is 1. The lowest BCUT2D eigenvalue weighted by atomic mass is 9.90. The van der Waals surface area contributed by atoms with E-state index in [1.165, 1.54) is 6.07 Å². The molecule has 2 amide bonds. The Balaban J connectivity index is 1.57. The van der Waals surface area contributed by atoms with Crippen molar-refractivity contribution in [3.8, 4) is 0 Å². The molecule has 2 fully saturated rings. The van der Waals surface area contributed by atoms with Crippen LogP contribution in [0.4, 0.5) is 5.69 Å². The van der Waals surface area contributed by atoms with Crippen LogP contribution in [0.15, 0.2) is 28.8 Å². The number of hydrogen-bond acceptors (Lipinski definition) is 5. The Kier molecular flexibility index (Phi) is 5.21. The fraction of sp³-hybridized carbons (Fsp3) is 0.421. The number of piperidine rings is 1. The molecule has 2 saturated heterocycles. The summed E-state index contributed by atoms with van der Waals surface area (Å²) < 4.78 is 5.01. The number of piperazine rings is 1. The van der Waals surface area contributed by atoms with Gasteiger partial charge in [-0.3, -0.25) is 9.59 Å². The molecule has 1 N–H and O–H groups in total. The Labute approximate surface area is 172 Å². The molecular weight excluding hydrogens is 403 g/mol. The molecule has 0 aliphatic carbocycles. The van der Waals surface area contributed by atoms with Crippen molar-refractivity contribution in [3.05, 3.63) is 45.8 Å². The first kappa shape index (κ1) is 19.1. The van der Waals surface area contributed by atoms with Gasteiger partial charge in [0.1, 0.15) is 0 Å². The number of carbonyl (C=O) groups is 2. The van der Waals surface area contributed by atoms with Gasteiger partial charge in [0.05, 0.1) is 17.6 Å². The topological polar surface area (TPSA) is 78.7 Å². The largest absolute Gasteiger partial charge is 0.387 e. The van der Waals surface area contributed by atoms with Crippen LogP contribution in [-0.2, 0) is 0 Å². The minimum atomic E-state index is -0.245. The second-order valence-corrected chi connectivity index (χ2v) is 7.94. The first-order chi connectivity index (χ1) is 13.5. The Morgan fingerprint density at radius 2 is 1.86 bits per heavy atom. The van der Waals surface area contributed by atoms with Crippen LogP contribution >= 0.6 is 23.2 Å². The quantitative estimate of drug-likeness (QED) is 0.817. The van der Waals surface area contributed by atoms with Crippen molar-refractivity contribution in [2.24, 2.45) is 0 Å². The molecule has 2 bridgehead atoms. The summed E-state index contributed by atoms with van der Waals surface area (Å²) in [4.78, 5) is 29.7. The van der Waals surface area contributed by atoms with Gasteiger partial charge in [-0.1, -0.05) is 28.4 Å². The highest BCUT2D eigenvalue weighted by atomic mass is 35.5. The van der Waals surface area contributed by atoms with Gasteiger partial charge >= 0.3 is 0 Å². The first-order valence-electron chi connectivity index (χ1n) is 9.19. The van der Waals surface area contributed by atoms with Gasteiger partial charge in [-0.25, -0.2) is 0 Å². The minimum Gasteiger partial charge on any atom is -0.387 e. The third-order valence-corrected chi connectivity index (χ3v) is 5.83. The van der Waals surface area contributed by atoms with E-state index in [-0.39, 0.29) is 34.8 Å². The molecule has 2 aliphatic heterocycles. The van der Waals surface area contributed by atoms with Crippen molar-refractivity contribution in [3.63, 3.8) is 0 Å². The number of likely N-dealkylation sites (tertiary alicyclic amines) is 1. The lowest BCUT2D eigenvalue weighted by Gasteiger charge is -2.50. The molecule has 7 nitrogen and oxygen atoms in total. The number of halogens is 2. The summed E-state index contributed by atoms with van der Waals surface area (Å²) in [5.41, 5.74) is 1.29. The SMILES string of the molecule is CNc1cc(Cl)ccc1C(=O)N1C2CCCC1CN(C(=O)c1cc(Cl)no1)C2. The van der Waals surface area contributed by atoms with Crippen LogP contribution in [0.2, 0.25) is 10.2 Å². The molecule has 1 aromatic carbocycles. The molecule has 0 radical (unpaired) electrons. The smallest absolute Gasteiger partial charge is 0.292 e. The molecule has 2 unspecified atom stereocenters. The molecule has 28 heavy (non-hydrogen) atoms. The van der Waals surface area contributed by atoms with E-state index in [0.717, 1.165) is 19.3 Å². The third kappa shape index (κ3) is 3.44. The summed E-state index contributed by atoms with van der Waals surface area (Å²) in [6.45, 7) is 0.920. The molecule has 0 spiro atoms. The number of nitrogens with one attached hydrogen (secondary N) is 1. The van der Waals surface area contributed by atoms with Gasteiger partial charge in [0, 0.05) is 36.9 Å². The van der Waals surface area contributed by atoms with E-state index in [4.69, 9.17) is 27.7 Å². The van der Waals surface area contributed by atoms with E-state index in [1.54, 1.807) is 30.1 Å². The van der Waals surface area contributed by atoms with E-state index >= 15 is 0 Å². The van der Waals surface area contributed by atoms with Crippen LogP contribution < -0.4 is 5.32 Å². The zero-order valence-corrected chi connectivity index (χ0v) is 16.8. The van der Waals surface area contributed by atoms with Crippen LogP contribution in [0.3, 0.4) is 0 Å². The maximum atomic E-state index is 13.3. The minimum absolute atomic E-state index is 0.0366. The number of fused-ring (bicyclic) bond motifs is 2. The van der Waals surface area contributed by atoms with Gasteiger partial charge in [0.2, 0.25) is 5.76 Å². The van der Waals surface area contributed by atoms with Crippen LogP contribution in [0.5, 0.6) is 0 Å². The second-order valence-electron chi connectivity index (χ2n) is 7.11. The first-order valence-corrected chi connectivity index (χ1v) is 9.95. The monoisotopic (exact) mass is 422 g/mol. The molecule has 2 aromatic rings. The Morgan fingerprint density at radius 3 is 2.46 bits per heavy atom. The van der Waals surface area contributed by atoms with Crippen molar-refractivity contribution in [2.45, 2.75) is 31.3 Å². The number of aromatic nitrogens is 1. The summed E-state index contributed by atoms with van der Waals surface area (Å²) in [7, 11) is 1.77. The van der Waals surface area contributed by atoms with Crippen molar-refractivity contribution >= 4 is 40.7 Å². The highest BCUT2D eigenvalue weighted by Gasteiger charge is 2.42. The molecule has 3 heterocycles. The number of amides is 2. The van der Waals surface area contributed by atoms with E-state index < -0.39 is 0 Å². The summed E-state index contributed by atoms with van der Waals surface area (Å²) in [5.74, 6) is -0.158. The maximum absolute atomic E-state index is 13.3. The molecule has 1 aromatic heterocycles. The molecule has 9 heteroatoms. The Bertz CT molecular complexity index is 902. The van der Waals surface area contributed by atoms with Crippen molar-refractivity contribution < 1.29 is 14.1 Å². The van der Waals surface area contributed by atoms with Crippen molar-refractivity contribution in [1.29, 1.82) is 0 Å². The molecule has 148 valence electrons. The fourth-order valence-corrected chi connectivity index (χ4v) is 4.47. The van der Waals surface area contributed by atoms with E-state index in [0.29, 0.717) is 29.4 Å². The predicted molar refractivity (Wildman–Crippen MR) is 106 cm³/mol. The normalized spacial score (nSPS) is 21.5. The van der Waals surface area contributed by atoms with Crippen LogP contribution in [0.25, 0.3) is 0 Å². The van der Waals surface area contributed by atoms with Gasteiger partial charge in [-0.05, 0) is 37.5 Å². The van der Waals surface area contributed by atoms with Gasteiger partial charge in [0.15, 0.2) is 5.15 Å². The average Bonchev–Trinajstić information content (AvgIpc) is 3.12. The fourth-order valence-electron chi connectivity index (χ4n) is 4.16. The Morgan fingerprint density at radius 1 is 1.14 bits per heavy atom. The van der Waals surface area contributed by atoms with E-state index in [1.807, 2.05) is 4.90 Å². The zero-order valence-electron chi connectivity index (χ0n) is 15.3. The number of hydrogen-bond donors (Lipinski definition) is 1. The van der Waals surface area contributed by atoms with Gasteiger partial charge in [-0.2, -0.15) is 0 Å². The number of nitrogens with zero attached hydrogens (tertiary/aromatic N) is 3. The molecule has 4 rings (SSSR count). The average molecular weight is 423 g/mol. The molecule has 2 aliphatic rings. The van der Waals surface area contributed by atoms with Gasteiger partial charge < -0.3 is 19.6 Å². The summed E-state index contributed by atoms with van der Waals surface area (Å²) >= 11 is 11.8. The van der Waals surface area contributed by atoms with Gasteiger partial charge in [-0.15, -0.1) is 0 Å². The van der Waals surface area contributed by atoms with E-state index in [2.05, 4.69) is 10.5 Å². The van der Waals surface area contributed by atoms with Crippen molar-refractivity contribution in [1.82, 2.24) is 15.0 Å². The maximum Gasteiger partial charge on any atom is 0.292 e. The summed E-state index contributed by atoms with van der Waals surface area (Å²) in [6, 6.07) is 6.56. The van der Waals surface area contributed by atoms with Crippen LogP contribution in [0, 0.1) is 0 Å². The molecule has 2 atom stereocenters. The second kappa shape index (κ2) is 7.64. The van der Waals surface area contributed by atoms with E-state index in [9.17, 15) is 9.59 Å².